The van der Waals surface area contributed by atoms with Gasteiger partial charge in [-0.25, -0.2) is 4.98 Å². The van der Waals surface area contributed by atoms with Crippen molar-refractivity contribution in [1.82, 2.24) is 9.97 Å². The van der Waals surface area contributed by atoms with Gasteiger partial charge in [-0.3, -0.25) is 0 Å². The van der Waals surface area contributed by atoms with E-state index in [1.165, 1.54) is 0 Å². The zero-order valence-corrected chi connectivity index (χ0v) is 9.47. The predicted octanol–water partition coefficient (Wildman–Crippen LogP) is 2.84. The van der Waals surface area contributed by atoms with Crippen LogP contribution in [0.4, 0.5) is 0 Å². The van der Waals surface area contributed by atoms with Crippen LogP contribution in [0, 0.1) is 0 Å². The third-order valence-corrected chi connectivity index (χ3v) is 2.74. The fourth-order valence-corrected chi connectivity index (χ4v) is 1.79. The normalized spacial score (nSPS) is 13.1. The molecular weight excluding hydrogens is 214 g/mol. The van der Waals surface area contributed by atoms with E-state index in [2.05, 4.69) is 9.97 Å². The van der Waals surface area contributed by atoms with Gasteiger partial charge < -0.3 is 15.1 Å². The number of nitrogens with zero attached hydrogens (tertiary/aromatic N) is 1. The highest BCUT2D eigenvalue weighted by atomic mass is 16.3. The number of imidazole rings is 1. The topological polar surface area (TPSA) is 67.8 Å². The number of benzene rings is 1. The minimum absolute atomic E-state index is 0.0550. The molecule has 0 aliphatic rings. The Morgan fingerprint density at radius 3 is 2.88 bits per heavy atom. The van der Waals surface area contributed by atoms with Crippen LogP contribution >= 0.6 is 0 Å². The van der Waals surface area contributed by atoms with E-state index in [-0.39, 0.29) is 6.04 Å². The molecule has 3 aromatic rings. The molecule has 0 spiro atoms. The lowest BCUT2D eigenvalue weighted by atomic mass is 10.2. The summed E-state index contributed by atoms with van der Waals surface area (Å²) in [6.07, 6.45) is 1.74. The average Bonchev–Trinajstić information content (AvgIpc) is 2.95. The number of nitrogens with two attached hydrogens (primary N) is 1. The van der Waals surface area contributed by atoms with Gasteiger partial charge in [0.25, 0.3) is 0 Å². The van der Waals surface area contributed by atoms with Crippen LogP contribution in [0.1, 0.15) is 18.7 Å². The first kappa shape index (κ1) is 10.1. The number of nitrogens with one attached hydrogen (secondary N) is 1. The maximum absolute atomic E-state index is 5.78. The van der Waals surface area contributed by atoms with Gasteiger partial charge >= 0.3 is 0 Å². The van der Waals surface area contributed by atoms with E-state index < -0.39 is 0 Å². The van der Waals surface area contributed by atoms with Gasteiger partial charge in [-0.15, -0.1) is 0 Å². The van der Waals surface area contributed by atoms with Crippen LogP contribution in [0.5, 0.6) is 0 Å². The number of H-pyrrole nitrogens is 1. The molecule has 1 atom stereocenters. The minimum atomic E-state index is -0.0550. The van der Waals surface area contributed by atoms with Crippen molar-refractivity contribution in [2.75, 3.05) is 0 Å². The number of aromatic amines is 1. The maximum atomic E-state index is 5.78. The molecule has 0 amide bonds. The number of para-hydroxylation sites is 1. The van der Waals surface area contributed by atoms with E-state index in [0.29, 0.717) is 5.82 Å². The number of aromatic nitrogens is 2. The molecule has 0 aliphatic heterocycles. The summed E-state index contributed by atoms with van der Waals surface area (Å²) in [7, 11) is 0. The smallest absolute Gasteiger partial charge is 0.173 e. The number of hydrogen-bond acceptors (Lipinski definition) is 3. The van der Waals surface area contributed by atoms with Crippen molar-refractivity contribution in [2.45, 2.75) is 13.0 Å². The maximum Gasteiger partial charge on any atom is 0.173 e. The summed E-state index contributed by atoms with van der Waals surface area (Å²) in [4.78, 5) is 7.43. The van der Waals surface area contributed by atoms with Crippen molar-refractivity contribution < 1.29 is 4.42 Å². The van der Waals surface area contributed by atoms with Crippen LogP contribution in [-0.2, 0) is 0 Å². The third-order valence-electron chi connectivity index (χ3n) is 2.74. The molecule has 0 saturated carbocycles. The molecule has 0 saturated heterocycles. The average molecular weight is 227 g/mol. The molecule has 1 aromatic carbocycles. The fourth-order valence-electron chi connectivity index (χ4n) is 1.79. The Morgan fingerprint density at radius 1 is 1.35 bits per heavy atom. The molecule has 4 nitrogen and oxygen atoms in total. The van der Waals surface area contributed by atoms with E-state index in [4.69, 9.17) is 10.2 Å². The van der Waals surface area contributed by atoms with E-state index in [0.717, 1.165) is 22.4 Å². The number of fused-ring (bicyclic) bond motifs is 1. The van der Waals surface area contributed by atoms with Gasteiger partial charge in [0.05, 0.1) is 11.9 Å². The minimum Gasteiger partial charge on any atom is -0.453 e. The van der Waals surface area contributed by atoms with Crippen LogP contribution in [0.15, 0.2) is 40.9 Å². The first-order valence-electron chi connectivity index (χ1n) is 5.53. The number of rotatable bonds is 2. The molecule has 86 valence electrons. The van der Waals surface area contributed by atoms with Crippen molar-refractivity contribution in [3.8, 4) is 11.6 Å². The van der Waals surface area contributed by atoms with Crippen LogP contribution in [0.3, 0.4) is 0 Å². The third kappa shape index (κ3) is 1.72. The first-order chi connectivity index (χ1) is 8.24. The lowest BCUT2D eigenvalue weighted by Crippen LogP contribution is -2.04. The summed E-state index contributed by atoms with van der Waals surface area (Å²) >= 11 is 0. The first-order valence-corrected chi connectivity index (χ1v) is 5.53. The van der Waals surface area contributed by atoms with Crippen LogP contribution in [0.2, 0.25) is 0 Å². The number of hydrogen-bond donors (Lipinski definition) is 2. The summed E-state index contributed by atoms with van der Waals surface area (Å²) in [5, 5.41) is 1.07. The molecule has 2 aromatic heterocycles. The van der Waals surface area contributed by atoms with E-state index >= 15 is 0 Å². The lowest BCUT2D eigenvalue weighted by molar-refractivity contribution is 0.626. The Bertz CT molecular complexity index is 618. The molecule has 3 rings (SSSR count). The van der Waals surface area contributed by atoms with E-state index in [1.54, 1.807) is 6.20 Å². The molecule has 1 unspecified atom stereocenters. The highest BCUT2D eigenvalue weighted by Crippen LogP contribution is 2.26. The van der Waals surface area contributed by atoms with Gasteiger partial charge in [-0.2, -0.15) is 0 Å². The molecule has 17 heavy (non-hydrogen) atoms. The monoisotopic (exact) mass is 227 g/mol. The van der Waals surface area contributed by atoms with E-state index in [9.17, 15) is 0 Å². The molecule has 0 aliphatic carbocycles. The largest absolute Gasteiger partial charge is 0.453 e. The predicted molar refractivity (Wildman–Crippen MR) is 66.4 cm³/mol. The second kappa shape index (κ2) is 3.75. The molecular formula is C13H13N3O. The fraction of sp³-hybridized carbons (Fsp3) is 0.154. The summed E-state index contributed by atoms with van der Waals surface area (Å²) in [6.45, 7) is 1.91. The molecule has 4 heteroatoms. The van der Waals surface area contributed by atoms with Crippen molar-refractivity contribution in [3.05, 3.63) is 42.2 Å². The zero-order valence-electron chi connectivity index (χ0n) is 9.47. The van der Waals surface area contributed by atoms with Crippen molar-refractivity contribution >= 4 is 11.0 Å². The van der Waals surface area contributed by atoms with Gasteiger partial charge in [0.1, 0.15) is 5.58 Å². The Balaban J connectivity index is 2.07. The second-order valence-corrected chi connectivity index (χ2v) is 4.12. The van der Waals surface area contributed by atoms with Gasteiger partial charge in [0.2, 0.25) is 0 Å². The van der Waals surface area contributed by atoms with Crippen molar-refractivity contribution in [3.63, 3.8) is 0 Å². The molecule has 0 radical (unpaired) electrons. The van der Waals surface area contributed by atoms with Gasteiger partial charge in [0.15, 0.2) is 11.6 Å². The Labute approximate surface area is 98.5 Å². The standard InChI is InChI=1S/C13H13N3O/c1-8(14)10-7-15-13(16-10)12-6-9-4-2-3-5-11(9)17-12/h2-8H,14H2,1H3,(H,15,16). The molecule has 2 heterocycles. The highest BCUT2D eigenvalue weighted by Gasteiger charge is 2.10. The highest BCUT2D eigenvalue weighted by molar-refractivity contribution is 5.81. The number of furan rings is 1. The van der Waals surface area contributed by atoms with Gasteiger partial charge in [-0.05, 0) is 19.1 Å². The Morgan fingerprint density at radius 2 is 2.18 bits per heavy atom. The van der Waals surface area contributed by atoms with E-state index in [1.807, 2.05) is 37.3 Å². The van der Waals surface area contributed by atoms with Gasteiger partial charge in [0, 0.05) is 11.4 Å². The van der Waals surface area contributed by atoms with Crippen LogP contribution < -0.4 is 5.73 Å². The van der Waals surface area contributed by atoms with Crippen LogP contribution in [0.25, 0.3) is 22.6 Å². The summed E-state index contributed by atoms with van der Waals surface area (Å²) in [5.41, 5.74) is 7.54. The zero-order chi connectivity index (χ0) is 11.8. The summed E-state index contributed by atoms with van der Waals surface area (Å²) < 4.78 is 5.71. The van der Waals surface area contributed by atoms with Crippen LogP contribution in [-0.4, -0.2) is 9.97 Å². The Kier molecular flexibility index (Phi) is 2.23. The van der Waals surface area contributed by atoms with Gasteiger partial charge in [-0.1, -0.05) is 18.2 Å². The molecule has 0 fully saturated rings. The van der Waals surface area contributed by atoms with Crippen molar-refractivity contribution in [1.29, 1.82) is 0 Å². The SMILES string of the molecule is CC(N)c1cnc(-c2cc3ccccc3o2)[nH]1. The molecule has 3 N–H and O–H groups in total. The molecule has 0 bridgehead atoms. The Hall–Kier alpha value is -2.07. The lowest BCUT2D eigenvalue weighted by Gasteiger charge is -1.98. The quantitative estimate of drug-likeness (QED) is 0.707. The summed E-state index contributed by atoms with van der Waals surface area (Å²) in [6, 6.07) is 9.80. The van der Waals surface area contributed by atoms with Crippen molar-refractivity contribution in [2.24, 2.45) is 5.73 Å². The second-order valence-electron chi connectivity index (χ2n) is 4.12. The summed E-state index contributed by atoms with van der Waals surface area (Å²) in [5.74, 6) is 1.45.